The Hall–Kier alpha value is 0.680. The molecule has 0 unspecified atom stereocenters. The van der Waals surface area contributed by atoms with Crippen molar-refractivity contribution in [3.05, 3.63) is 30.4 Å². The maximum absolute atomic E-state index is 2.41. The Bertz CT molecular complexity index is 298. The van der Waals surface area contributed by atoms with Crippen molar-refractivity contribution in [2.75, 3.05) is 0 Å². The second-order valence-corrected chi connectivity index (χ2v) is 6.58. The average Bonchev–Trinajstić information content (AvgIpc) is 1.97. The number of halogens is 2. The Labute approximate surface area is 108 Å². The predicted octanol–water partition coefficient (Wildman–Crippen LogP) is 4.50. The molecule has 0 radical (unpaired) electrons. The molecule has 0 fully saturated rings. The normalized spacial score (nSPS) is 11.8. The Balaban J connectivity index is 3.29. The summed E-state index contributed by atoms with van der Waals surface area (Å²) in [6.45, 7) is 8.94. The highest BCUT2D eigenvalue weighted by Crippen LogP contribution is 2.28. The fraction of sp³-hybridized carbons (Fsp3) is 0.455. The van der Waals surface area contributed by atoms with Crippen LogP contribution in [0.15, 0.2) is 12.1 Å². The van der Waals surface area contributed by atoms with Gasteiger partial charge in [-0.15, -0.1) is 0 Å². The van der Waals surface area contributed by atoms with Crippen molar-refractivity contribution >= 4 is 45.2 Å². The van der Waals surface area contributed by atoms with Gasteiger partial charge in [0.25, 0.3) is 0 Å². The molecule has 0 aliphatic rings. The smallest absolute Gasteiger partial charge is 0.0293 e. The van der Waals surface area contributed by atoms with Crippen LogP contribution in [-0.2, 0) is 5.41 Å². The van der Waals surface area contributed by atoms with Crippen molar-refractivity contribution in [3.63, 3.8) is 0 Å². The van der Waals surface area contributed by atoms with Crippen LogP contribution in [0, 0.1) is 14.1 Å². The van der Waals surface area contributed by atoms with Crippen LogP contribution in [0.1, 0.15) is 31.9 Å². The standard InChI is InChI=1S/C11H14I2/c1-7-5-8(11(2,3)4)6-9(12)10(7)13/h5-6H,1-4H3. The Kier molecular flexibility index (Phi) is 3.66. The lowest BCUT2D eigenvalue weighted by Gasteiger charge is -2.20. The van der Waals surface area contributed by atoms with Crippen LogP contribution in [0.25, 0.3) is 0 Å². The zero-order valence-electron chi connectivity index (χ0n) is 8.41. The van der Waals surface area contributed by atoms with Crippen molar-refractivity contribution in [2.24, 2.45) is 0 Å². The van der Waals surface area contributed by atoms with Gasteiger partial charge in [0, 0.05) is 7.14 Å². The number of aryl methyl sites for hydroxylation is 1. The van der Waals surface area contributed by atoms with Gasteiger partial charge in [-0.25, -0.2) is 0 Å². The highest BCUT2D eigenvalue weighted by molar-refractivity contribution is 14.1. The maximum Gasteiger partial charge on any atom is 0.0293 e. The van der Waals surface area contributed by atoms with E-state index in [9.17, 15) is 0 Å². The first-order valence-electron chi connectivity index (χ1n) is 4.28. The summed E-state index contributed by atoms with van der Waals surface area (Å²) in [5.41, 5.74) is 3.07. The lowest BCUT2D eigenvalue weighted by Crippen LogP contribution is -2.12. The summed E-state index contributed by atoms with van der Waals surface area (Å²) in [5, 5.41) is 0. The zero-order chi connectivity index (χ0) is 10.2. The van der Waals surface area contributed by atoms with Gasteiger partial charge >= 0.3 is 0 Å². The first kappa shape index (κ1) is 11.8. The second kappa shape index (κ2) is 4.04. The minimum absolute atomic E-state index is 0.259. The van der Waals surface area contributed by atoms with Gasteiger partial charge in [0.05, 0.1) is 0 Å². The van der Waals surface area contributed by atoms with Gasteiger partial charge in [-0.3, -0.25) is 0 Å². The van der Waals surface area contributed by atoms with Crippen LogP contribution in [0.4, 0.5) is 0 Å². The van der Waals surface area contributed by atoms with Gasteiger partial charge in [-0.05, 0) is 74.7 Å². The Morgan fingerprint density at radius 2 is 1.62 bits per heavy atom. The van der Waals surface area contributed by atoms with E-state index in [-0.39, 0.29) is 5.41 Å². The molecule has 0 atom stereocenters. The Morgan fingerprint density at radius 1 is 1.08 bits per heavy atom. The van der Waals surface area contributed by atoms with E-state index >= 15 is 0 Å². The summed E-state index contributed by atoms with van der Waals surface area (Å²) in [5.74, 6) is 0. The SMILES string of the molecule is Cc1cc(C(C)(C)C)cc(I)c1I. The van der Waals surface area contributed by atoms with Crippen molar-refractivity contribution in [1.29, 1.82) is 0 Å². The third kappa shape index (κ3) is 2.81. The summed E-state index contributed by atoms with van der Waals surface area (Å²) in [6, 6.07) is 4.58. The van der Waals surface area contributed by atoms with Crippen LogP contribution >= 0.6 is 45.2 Å². The lowest BCUT2D eigenvalue weighted by molar-refractivity contribution is 0.589. The van der Waals surface area contributed by atoms with Crippen LogP contribution in [0.2, 0.25) is 0 Å². The van der Waals surface area contributed by atoms with Gasteiger partial charge < -0.3 is 0 Å². The molecule has 0 bridgehead atoms. The van der Waals surface area contributed by atoms with Gasteiger partial charge in [-0.2, -0.15) is 0 Å². The minimum atomic E-state index is 0.259. The van der Waals surface area contributed by atoms with Crippen LogP contribution in [0.5, 0.6) is 0 Å². The van der Waals surface area contributed by atoms with Gasteiger partial charge in [0.15, 0.2) is 0 Å². The molecule has 2 heteroatoms. The molecular formula is C11H14I2. The average molecular weight is 400 g/mol. The van der Waals surface area contributed by atoms with E-state index in [4.69, 9.17) is 0 Å². The second-order valence-electron chi connectivity index (χ2n) is 4.34. The van der Waals surface area contributed by atoms with Gasteiger partial charge in [-0.1, -0.05) is 26.8 Å². The maximum atomic E-state index is 2.41. The molecule has 0 spiro atoms. The van der Waals surface area contributed by atoms with E-state index in [1.54, 1.807) is 0 Å². The molecule has 0 aliphatic carbocycles. The van der Waals surface area contributed by atoms with Crippen molar-refractivity contribution in [3.8, 4) is 0 Å². The van der Waals surface area contributed by atoms with Crippen LogP contribution in [-0.4, -0.2) is 0 Å². The number of rotatable bonds is 0. The first-order valence-corrected chi connectivity index (χ1v) is 6.44. The summed E-state index contributed by atoms with van der Waals surface area (Å²) < 4.78 is 2.74. The van der Waals surface area contributed by atoms with E-state index in [0.717, 1.165) is 0 Å². The molecule has 0 aromatic heterocycles. The highest BCUT2D eigenvalue weighted by atomic mass is 127. The molecule has 0 saturated carbocycles. The first-order chi connectivity index (χ1) is 5.82. The predicted molar refractivity (Wildman–Crippen MR) is 75.3 cm³/mol. The third-order valence-corrected chi connectivity index (χ3v) is 5.39. The van der Waals surface area contributed by atoms with Crippen LogP contribution < -0.4 is 0 Å². The lowest BCUT2D eigenvalue weighted by atomic mass is 9.86. The molecule has 13 heavy (non-hydrogen) atoms. The summed E-state index contributed by atoms with van der Waals surface area (Å²) in [4.78, 5) is 0. The van der Waals surface area contributed by atoms with Crippen LogP contribution in [0.3, 0.4) is 0 Å². The summed E-state index contributed by atoms with van der Waals surface area (Å²) >= 11 is 4.81. The van der Waals surface area contributed by atoms with Crippen molar-refractivity contribution in [1.82, 2.24) is 0 Å². The number of benzene rings is 1. The van der Waals surface area contributed by atoms with E-state index in [1.165, 1.54) is 18.3 Å². The summed E-state index contributed by atoms with van der Waals surface area (Å²) in [7, 11) is 0. The summed E-state index contributed by atoms with van der Waals surface area (Å²) in [6.07, 6.45) is 0. The molecule has 1 rings (SSSR count). The molecule has 0 aliphatic heterocycles. The molecule has 0 amide bonds. The third-order valence-electron chi connectivity index (χ3n) is 2.08. The largest absolute Gasteiger partial charge is 0.0561 e. The van der Waals surface area contributed by atoms with E-state index < -0.39 is 0 Å². The van der Waals surface area contributed by atoms with E-state index in [2.05, 4.69) is 85.0 Å². The molecular weight excluding hydrogens is 386 g/mol. The van der Waals surface area contributed by atoms with Crippen molar-refractivity contribution < 1.29 is 0 Å². The quantitative estimate of drug-likeness (QED) is 0.563. The molecule has 0 nitrogen and oxygen atoms in total. The molecule has 1 aromatic carbocycles. The topological polar surface area (TPSA) is 0 Å². The molecule has 0 saturated heterocycles. The molecule has 0 N–H and O–H groups in total. The zero-order valence-corrected chi connectivity index (χ0v) is 12.7. The van der Waals surface area contributed by atoms with E-state index in [0.29, 0.717) is 0 Å². The fourth-order valence-corrected chi connectivity index (χ4v) is 2.23. The fourth-order valence-electron chi connectivity index (χ4n) is 1.16. The van der Waals surface area contributed by atoms with Crippen molar-refractivity contribution in [2.45, 2.75) is 33.1 Å². The molecule has 72 valence electrons. The van der Waals surface area contributed by atoms with Gasteiger partial charge in [0.2, 0.25) is 0 Å². The minimum Gasteiger partial charge on any atom is -0.0561 e. The van der Waals surface area contributed by atoms with Gasteiger partial charge in [0.1, 0.15) is 0 Å². The van der Waals surface area contributed by atoms with E-state index in [1.807, 2.05) is 0 Å². The number of hydrogen-bond acceptors (Lipinski definition) is 0. The molecule has 1 aromatic rings. The Morgan fingerprint density at radius 3 is 2.00 bits per heavy atom. The highest BCUT2D eigenvalue weighted by Gasteiger charge is 2.15. The monoisotopic (exact) mass is 400 g/mol. The molecule has 0 heterocycles. The number of hydrogen-bond donors (Lipinski definition) is 0.